The van der Waals surface area contributed by atoms with Gasteiger partial charge in [-0.25, -0.2) is 27.1 Å². The van der Waals surface area contributed by atoms with Crippen LogP contribution >= 0.6 is 0 Å². The highest BCUT2D eigenvalue weighted by Crippen LogP contribution is 2.59. The maximum absolute atomic E-state index is 15.5. The van der Waals surface area contributed by atoms with Crippen molar-refractivity contribution >= 4 is 10.0 Å². The van der Waals surface area contributed by atoms with Gasteiger partial charge in [0.05, 0.1) is 5.41 Å². The molecular weight excluding hydrogens is 549 g/mol. The van der Waals surface area contributed by atoms with Crippen molar-refractivity contribution in [1.82, 2.24) is 14.5 Å². The van der Waals surface area contributed by atoms with Gasteiger partial charge in [-0.05, 0) is 37.5 Å². The maximum Gasteiger partial charge on any atom is 0.434 e. The van der Waals surface area contributed by atoms with Crippen LogP contribution in [0, 0.1) is 11.6 Å². The lowest BCUT2D eigenvalue weighted by molar-refractivity contribution is -0.302. The normalized spacial score (nSPS) is 29.2. The monoisotopic (exact) mass is 573 g/mol. The number of nitrogens with one attached hydrogen (secondary N) is 1. The van der Waals surface area contributed by atoms with Gasteiger partial charge < -0.3 is 9.52 Å². The second-order valence-electron chi connectivity index (χ2n) is 10.2. The van der Waals surface area contributed by atoms with E-state index in [4.69, 9.17) is 4.42 Å². The Morgan fingerprint density at radius 2 is 1.79 bits per heavy atom. The number of aromatic amines is 1. The lowest BCUT2D eigenvalue weighted by Gasteiger charge is -2.51. The molecule has 1 saturated heterocycles. The van der Waals surface area contributed by atoms with Crippen molar-refractivity contribution < 1.29 is 39.9 Å². The first-order valence-corrected chi connectivity index (χ1v) is 13.6. The molecule has 0 bridgehead atoms. The smallest absolute Gasteiger partial charge is 0.391 e. The summed E-state index contributed by atoms with van der Waals surface area (Å²) in [6.45, 7) is 1.15. The molecule has 14 heteroatoms. The third kappa shape index (κ3) is 4.47. The van der Waals surface area contributed by atoms with Crippen LogP contribution in [0.1, 0.15) is 60.4 Å². The highest BCUT2D eigenvalue weighted by Gasteiger charge is 2.70. The van der Waals surface area contributed by atoms with E-state index in [2.05, 4.69) is 5.10 Å². The molecule has 0 spiro atoms. The Balaban J connectivity index is 1.51. The number of alkyl halides is 3. The number of hydrogen-bond donors (Lipinski definition) is 2. The molecule has 0 unspecified atom stereocenters. The van der Waals surface area contributed by atoms with Crippen molar-refractivity contribution in [2.45, 2.75) is 67.6 Å². The molecule has 2 fully saturated rings. The Kier molecular flexibility index (Phi) is 6.50. The zero-order valence-electron chi connectivity index (χ0n) is 20.5. The van der Waals surface area contributed by atoms with Crippen molar-refractivity contribution in [2.75, 3.05) is 0 Å². The summed E-state index contributed by atoms with van der Waals surface area (Å²) in [5.41, 5.74) is -5.69. The van der Waals surface area contributed by atoms with Gasteiger partial charge in [0.15, 0.2) is 5.60 Å². The molecule has 1 aromatic heterocycles. The molecule has 2 heterocycles. The summed E-state index contributed by atoms with van der Waals surface area (Å²) in [5.74, 6) is -4.00. The van der Waals surface area contributed by atoms with Gasteiger partial charge in [-0.15, -0.1) is 5.10 Å². The van der Waals surface area contributed by atoms with Crippen molar-refractivity contribution in [2.24, 2.45) is 0 Å². The van der Waals surface area contributed by atoms with E-state index in [0.29, 0.717) is 24.5 Å². The van der Waals surface area contributed by atoms with Gasteiger partial charge in [0.2, 0.25) is 15.9 Å². The van der Waals surface area contributed by atoms with E-state index < -0.39 is 86.7 Å². The fourth-order valence-electron chi connectivity index (χ4n) is 5.63. The topological polar surface area (TPSA) is 116 Å². The molecule has 8 nitrogen and oxygen atoms in total. The van der Waals surface area contributed by atoms with Gasteiger partial charge >= 0.3 is 11.9 Å². The van der Waals surface area contributed by atoms with Gasteiger partial charge in [-0.2, -0.15) is 17.5 Å². The third-order valence-electron chi connectivity index (χ3n) is 7.74. The number of nitrogens with zero attached hydrogens (tertiary/aromatic N) is 2. The summed E-state index contributed by atoms with van der Waals surface area (Å²) in [7, 11) is -3.98. The number of aliphatic hydroxyl groups is 1. The van der Waals surface area contributed by atoms with Crippen LogP contribution in [0.15, 0.2) is 51.7 Å². The van der Waals surface area contributed by atoms with E-state index in [1.807, 2.05) is 5.10 Å². The standard InChI is InChI=1S/C25H24F5N3O5S/c1-14-7-8-20(15-5-3-2-4-6-15)39(36,37)33(14)11-16-9-19(27)17(10-18(16)26)23(21-31-32-22(34)38-21)12-24(35,13-23)25(28,29)30/h2-6,9-10,14,20,35H,7-8,11-13H2,1H3,(H,32,34)/t14-,20+,23?,24?/m0/s1. The van der Waals surface area contributed by atoms with Crippen molar-refractivity contribution in [3.8, 4) is 0 Å². The van der Waals surface area contributed by atoms with E-state index in [0.717, 1.165) is 10.4 Å². The predicted molar refractivity (Wildman–Crippen MR) is 127 cm³/mol. The maximum atomic E-state index is 15.5. The molecule has 2 atom stereocenters. The number of hydrogen-bond acceptors (Lipinski definition) is 6. The highest BCUT2D eigenvalue weighted by atomic mass is 32.2. The van der Waals surface area contributed by atoms with Gasteiger partial charge in [0.1, 0.15) is 16.9 Å². The van der Waals surface area contributed by atoms with Crippen LogP contribution in [0.2, 0.25) is 0 Å². The summed E-state index contributed by atoms with van der Waals surface area (Å²) in [6, 6.07) is 9.37. The van der Waals surface area contributed by atoms with Gasteiger partial charge in [0.25, 0.3) is 0 Å². The van der Waals surface area contributed by atoms with E-state index in [9.17, 15) is 31.5 Å². The first-order valence-electron chi connectivity index (χ1n) is 12.1. The van der Waals surface area contributed by atoms with Crippen molar-refractivity contribution in [1.29, 1.82) is 0 Å². The van der Waals surface area contributed by atoms with Crippen LogP contribution in [0.3, 0.4) is 0 Å². The molecule has 2 aromatic carbocycles. The average Bonchev–Trinajstić information content (AvgIpc) is 3.27. The number of aromatic nitrogens is 2. The lowest BCUT2D eigenvalue weighted by Crippen LogP contribution is -2.63. The van der Waals surface area contributed by atoms with Gasteiger partial charge in [-0.3, -0.25) is 0 Å². The molecule has 1 aliphatic carbocycles. The van der Waals surface area contributed by atoms with Crippen molar-refractivity contribution in [3.63, 3.8) is 0 Å². The average molecular weight is 574 g/mol. The van der Waals surface area contributed by atoms with Crippen LogP contribution in [-0.2, 0) is 22.0 Å². The molecule has 5 rings (SSSR count). The van der Waals surface area contributed by atoms with Crippen LogP contribution in [-0.4, -0.2) is 45.8 Å². The number of halogens is 5. The minimum atomic E-state index is -5.09. The van der Waals surface area contributed by atoms with Crippen LogP contribution in [0.25, 0.3) is 0 Å². The lowest BCUT2D eigenvalue weighted by atomic mass is 9.55. The molecule has 1 aliphatic heterocycles. The third-order valence-corrected chi connectivity index (χ3v) is 10.1. The Labute approximate surface area is 219 Å². The second kappa shape index (κ2) is 9.24. The van der Waals surface area contributed by atoms with E-state index in [-0.39, 0.29) is 5.56 Å². The Morgan fingerprint density at radius 1 is 1.13 bits per heavy atom. The largest absolute Gasteiger partial charge is 0.434 e. The molecule has 3 aromatic rings. The van der Waals surface area contributed by atoms with Crippen LogP contribution < -0.4 is 5.76 Å². The molecule has 2 aliphatic rings. The van der Waals surface area contributed by atoms with Crippen LogP contribution in [0.5, 0.6) is 0 Å². The molecule has 39 heavy (non-hydrogen) atoms. The van der Waals surface area contributed by atoms with E-state index >= 15 is 8.78 Å². The molecule has 0 amide bonds. The number of sulfonamides is 1. The SMILES string of the molecule is C[C@H]1CC[C@H](c2ccccc2)S(=O)(=O)N1Cc1cc(F)c(C2(c3n[nH]c(=O)o3)CC(O)(C(F)(F)F)C2)cc1F. The zero-order chi connectivity index (χ0) is 28.4. The predicted octanol–water partition coefficient (Wildman–Crippen LogP) is 4.07. The number of rotatable bonds is 5. The number of benzene rings is 2. The Hall–Kier alpha value is -3.10. The van der Waals surface area contributed by atoms with Crippen molar-refractivity contribution in [3.05, 3.63) is 87.2 Å². The summed E-state index contributed by atoms with van der Waals surface area (Å²) in [4.78, 5) is 11.5. The van der Waals surface area contributed by atoms with E-state index in [1.54, 1.807) is 37.3 Å². The summed E-state index contributed by atoms with van der Waals surface area (Å²) in [5, 5.41) is 14.6. The zero-order valence-corrected chi connectivity index (χ0v) is 21.3. The Bertz CT molecular complexity index is 1550. The van der Waals surface area contributed by atoms with Gasteiger partial charge in [0, 0.05) is 36.6 Å². The molecule has 0 radical (unpaired) electrons. The highest BCUT2D eigenvalue weighted by molar-refractivity contribution is 7.89. The first kappa shape index (κ1) is 27.5. The Morgan fingerprint density at radius 3 is 2.38 bits per heavy atom. The van der Waals surface area contributed by atoms with Gasteiger partial charge in [-0.1, -0.05) is 30.3 Å². The molecule has 1 saturated carbocycles. The summed E-state index contributed by atoms with van der Waals surface area (Å²) < 4.78 is 104. The fraction of sp³-hybridized carbons (Fsp3) is 0.440. The summed E-state index contributed by atoms with van der Waals surface area (Å²) in [6.07, 6.45) is -6.60. The minimum absolute atomic E-state index is 0.329. The quantitative estimate of drug-likeness (QED) is 0.445. The second-order valence-corrected chi connectivity index (χ2v) is 12.3. The minimum Gasteiger partial charge on any atom is -0.391 e. The summed E-state index contributed by atoms with van der Waals surface area (Å²) >= 11 is 0. The fourth-order valence-corrected chi connectivity index (χ4v) is 7.82. The number of H-pyrrole nitrogens is 1. The van der Waals surface area contributed by atoms with E-state index in [1.165, 1.54) is 0 Å². The molecule has 2 N–H and O–H groups in total. The molecule has 210 valence electrons. The molecular formula is C25H24F5N3O5S. The van der Waals surface area contributed by atoms with Crippen LogP contribution in [0.4, 0.5) is 22.0 Å². The first-order chi connectivity index (χ1) is 18.2.